The van der Waals surface area contributed by atoms with Gasteiger partial charge < -0.3 is 26.0 Å². The lowest BCUT2D eigenvalue weighted by molar-refractivity contribution is -0.144. The maximum atomic E-state index is 14.4. The molecule has 3 aliphatic carbocycles. The number of nitrogens with one attached hydrogen (secondary N) is 2. The number of fused-ring (bicyclic) bond motifs is 2. The Morgan fingerprint density at radius 2 is 1.70 bits per heavy atom. The predicted molar refractivity (Wildman–Crippen MR) is 164 cm³/mol. The number of ether oxygens (including phenoxy) is 1. The molecular formula is C34H46N4O6. The summed E-state index contributed by atoms with van der Waals surface area (Å²) in [5.41, 5.74) is 6.65. The number of hydrogen-bond donors (Lipinski definition) is 3. The van der Waals surface area contributed by atoms with E-state index < -0.39 is 47.4 Å². The minimum absolute atomic E-state index is 0.0876. The third kappa shape index (κ3) is 6.54. The van der Waals surface area contributed by atoms with Crippen molar-refractivity contribution in [2.45, 2.75) is 96.9 Å². The fourth-order valence-corrected chi connectivity index (χ4v) is 7.36. The summed E-state index contributed by atoms with van der Waals surface area (Å²) in [7, 11) is 0. The molecule has 0 spiro atoms. The smallest absolute Gasteiger partial charge is 0.408 e. The fourth-order valence-electron chi connectivity index (χ4n) is 7.36. The summed E-state index contributed by atoms with van der Waals surface area (Å²) in [6.07, 6.45) is 8.06. The van der Waals surface area contributed by atoms with E-state index in [1.807, 2.05) is 30.3 Å². The number of piperidine rings is 1. The van der Waals surface area contributed by atoms with Crippen LogP contribution in [0.15, 0.2) is 36.4 Å². The summed E-state index contributed by atoms with van der Waals surface area (Å²) in [5.74, 6) is -2.61. The average molecular weight is 607 g/mol. The lowest BCUT2D eigenvalue weighted by atomic mass is 9.83. The van der Waals surface area contributed by atoms with E-state index in [0.29, 0.717) is 25.3 Å². The first-order valence-electron chi connectivity index (χ1n) is 15.8. The SMILES string of the molecule is CC(C)(C)OC(=O)NC(C(=O)N1CC2C(C1C(=O)NC(C=CCC1CCC1)C(=O)C(N)=O)C2(C)C)C1Cc2ccccc2C1. The zero-order valence-corrected chi connectivity index (χ0v) is 26.4. The monoisotopic (exact) mass is 606 g/mol. The predicted octanol–water partition coefficient (Wildman–Crippen LogP) is 3.06. The van der Waals surface area contributed by atoms with Gasteiger partial charge in [-0.1, -0.05) is 69.5 Å². The molecule has 10 heteroatoms. The summed E-state index contributed by atoms with van der Waals surface area (Å²) < 4.78 is 5.53. The zero-order chi connectivity index (χ0) is 32.0. The number of alkyl carbamates (subject to hydrolysis) is 1. The van der Waals surface area contributed by atoms with Crippen LogP contribution in [-0.2, 0) is 36.8 Å². The van der Waals surface area contributed by atoms with Crippen LogP contribution >= 0.6 is 0 Å². The Bertz CT molecular complexity index is 1330. The molecule has 5 atom stereocenters. The summed E-state index contributed by atoms with van der Waals surface area (Å²) >= 11 is 0. The van der Waals surface area contributed by atoms with E-state index >= 15 is 0 Å². The van der Waals surface area contributed by atoms with E-state index in [1.54, 1.807) is 31.7 Å². The fraction of sp³-hybridized carbons (Fsp3) is 0.618. The van der Waals surface area contributed by atoms with Crippen LogP contribution in [0.4, 0.5) is 4.79 Å². The Morgan fingerprint density at radius 1 is 1.07 bits per heavy atom. The molecule has 4 N–H and O–H groups in total. The molecule has 4 aliphatic rings. The first-order chi connectivity index (χ1) is 20.7. The second-order valence-corrected chi connectivity index (χ2v) is 14.6. The van der Waals surface area contributed by atoms with Gasteiger partial charge in [-0.3, -0.25) is 19.2 Å². The highest BCUT2D eigenvalue weighted by molar-refractivity contribution is 6.38. The number of ketones is 1. The molecule has 1 heterocycles. The highest BCUT2D eigenvalue weighted by Gasteiger charge is 2.69. The maximum Gasteiger partial charge on any atom is 0.408 e. The number of rotatable bonds is 10. The van der Waals surface area contributed by atoms with Gasteiger partial charge in [-0.15, -0.1) is 0 Å². The van der Waals surface area contributed by atoms with Crippen molar-refractivity contribution in [1.29, 1.82) is 0 Å². The second-order valence-electron chi connectivity index (χ2n) is 14.6. The van der Waals surface area contributed by atoms with E-state index in [-0.39, 0.29) is 29.1 Å². The standard InChI is InChI=1S/C34H46N4O6/c1-33(2,3)44-32(43)37-26(22-16-20-13-6-7-14-21(20)17-22)31(42)38-18-23-25(34(23,4)5)27(38)30(41)36-24(28(39)29(35)40)15-9-12-19-10-8-11-19/h6-7,9,13-15,19,22-27H,8,10-12,16-18H2,1-5H3,(H2,35,40)(H,36,41)(H,37,43). The van der Waals surface area contributed by atoms with Crippen molar-refractivity contribution < 1.29 is 28.7 Å². The summed E-state index contributed by atoms with van der Waals surface area (Å²) in [6.45, 7) is 9.77. The number of likely N-dealkylation sites (tertiary alicyclic amines) is 1. The molecule has 2 saturated carbocycles. The normalized spacial score (nSPS) is 25.4. The van der Waals surface area contributed by atoms with Gasteiger partial charge in [0.1, 0.15) is 23.7 Å². The summed E-state index contributed by atoms with van der Waals surface area (Å²) in [6, 6.07) is 4.99. The highest BCUT2D eigenvalue weighted by Crippen LogP contribution is 2.65. The number of amides is 4. The lowest BCUT2D eigenvalue weighted by Crippen LogP contribution is -2.59. The van der Waals surface area contributed by atoms with Crippen molar-refractivity contribution in [3.05, 3.63) is 47.5 Å². The first kappa shape index (κ1) is 31.7. The van der Waals surface area contributed by atoms with E-state index in [2.05, 4.69) is 24.5 Å². The molecule has 3 fully saturated rings. The molecule has 5 unspecified atom stereocenters. The van der Waals surface area contributed by atoms with Crippen molar-refractivity contribution in [3.63, 3.8) is 0 Å². The van der Waals surface area contributed by atoms with E-state index in [9.17, 15) is 24.0 Å². The van der Waals surface area contributed by atoms with Gasteiger partial charge >= 0.3 is 6.09 Å². The molecular weight excluding hydrogens is 560 g/mol. The largest absolute Gasteiger partial charge is 0.444 e. The van der Waals surface area contributed by atoms with Crippen LogP contribution in [0.2, 0.25) is 0 Å². The van der Waals surface area contributed by atoms with Crippen molar-refractivity contribution >= 4 is 29.6 Å². The lowest BCUT2D eigenvalue weighted by Gasteiger charge is -2.35. The number of allylic oxidation sites excluding steroid dienone is 1. The minimum atomic E-state index is -1.21. The molecule has 1 aromatic carbocycles. The molecule has 1 aromatic rings. The Morgan fingerprint density at radius 3 is 2.25 bits per heavy atom. The minimum Gasteiger partial charge on any atom is -0.444 e. The van der Waals surface area contributed by atoms with Crippen molar-refractivity contribution in [1.82, 2.24) is 15.5 Å². The number of carbonyl (C=O) groups excluding carboxylic acids is 5. The first-order valence-corrected chi connectivity index (χ1v) is 15.8. The number of primary amides is 1. The number of hydrogen-bond acceptors (Lipinski definition) is 6. The Labute approximate surface area is 259 Å². The molecule has 238 valence electrons. The Kier molecular flexibility index (Phi) is 8.66. The van der Waals surface area contributed by atoms with Crippen molar-refractivity contribution in [3.8, 4) is 0 Å². The molecule has 0 radical (unpaired) electrons. The van der Waals surface area contributed by atoms with Crippen LogP contribution in [0.25, 0.3) is 0 Å². The van der Waals surface area contributed by atoms with E-state index in [4.69, 9.17) is 10.5 Å². The molecule has 4 amide bonds. The van der Waals surface area contributed by atoms with Gasteiger partial charge in [-0.05, 0) is 80.2 Å². The Balaban J connectivity index is 1.38. The third-order valence-electron chi connectivity index (χ3n) is 10.1. The van der Waals surface area contributed by atoms with Gasteiger partial charge in [-0.2, -0.15) is 0 Å². The number of carbonyl (C=O) groups is 5. The number of Topliss-reactive ketones (excluding diaryl/α,β-unsaturated/α-hetero) is 1. The molecule has 44 heavy (non-hydrogen) atoms. The highest BCUT2D eigenvalue weighted by atomic mass is 16.6. The van der Waals surface area contributed by atoms with Gasteiger partial charge in [0.2, 0.25) is 17.6 Å². The van der Waals surface area contributed by atoms with Gasteiger partial charge in [-0.25, -0.2) is 4.79 Å². The molecule has 0 aromatic heterocycles. The Hall–Kier alpha value is -3.69. The van der Waals surface area contributed by atoms with E-state index in [0.717, 1.165) is 30.4 Å². The van der Waals surface area contributed by atoms with Crippen LogP contribution in [-0.4, -0.2) is 64.8 Å². The summed E-state index contributed by atoms with van der Waals surface area (Å²) in [4.78, 5) is 67.5. The van der Waals surface area contributed by atoms with Gasteiger partial charge in [0.25, 0.3) is 5.91 Å². The number of nitrogens with zero attached hydrogens (tertiary/aromatic N) is 1. The molecule has 10 nitrogen and oxygen atoms in total. The zero-order valence-electron chi connectivity index (χ0n) is 26.4. The number of nitrogens with two attached hydrogens (primary N) is 1. The van der Waals surface area contributed by atoms with Crippen LogP contribution < -0.4 is 16.4 Å². The van der Waals surface area contributed by atoms with Crippen LogP contribution in [0.5, 0.6) is 0 Å². The van der Waals surface area contributed by atoms with Crippen LogP contribution in [0.3, 0.4) is 0 Å². The topological polar surface area (TPSA) is 148 Å². The van der Waals surface area contributed by atoms with Crippen molar-refractivity contribution in [2.75, 3.05) is 6.54 Å². The molecule has 1 saturated heterocycles. The van der Waals surface area contributed by atoms with Gasteiger partial charge in [0.15, 0.2) is 0 Å². The average Bonchev–Trinajstić information content (AvgIpc) is 3.28. The third-order valence-corrected chi connectivity index (χ3v) is 10.1. The molecule has 5 rings (SSSR count). The van der Waals surface area contributed by atoms with Gasteiger partial charge in [0, 0.05) is 6.54 Å². The second kappa shape index (κ2) is 12.0. The maximum absolute atomic E-state index is 14.4. The van der Waals surface area contributed by atoms with Crippen LogP contribution in [0.1, 0.15) is 71.4 Å². The molecule has 0 bridgehead atoms. The summed E-state index contributed by atoms with van der Waals surface area (Å²) in [5, 5.41) is 5.59. The van der Waals surface area contributed by atoms with Crippen molar-refractivity contribution in [2.24, 2.45) is 34.8 Å². The quantitative estimate of drug-likeness (QED) is 0.276. The number of benzene rings is 1. The molecule has 1 aliphatic heterocycles. The van der Waals surface area contributed by atoms with E-state index in [1.165, 1.54) is 6.42 Å². The van der Waals surface area contributed by atoms with Crippen LogP contribution in [0, 0.1) is 29.1 Å². The van der Waals surface area contributed by atoms with Gasteiger partial charge in [0.05, 0.1) is 0 Å².